The lowest BCUT2D eigenvalue weighted by Crippen LogP contribution is -2.16. The van der Waals surface area contributed by atoms with Crippen LogP contribution in [-0.2, 0) is 9.53 Å². The first-order chi connectivity index (χ1) is 11.7. The van der Waals surface area contributed by atoms with Crippen LogP contribution in [0.4, 0.5) is 0 Å². The summed E-state index contributed by atoms with van der Waals surface area (Å²) in [6, 6.07) is 12.1. The van der Waals surface area contributed by atoms with Crippen LogP contribution in [0.3, 0.4) is 0 Å². The fourth-order valence-electron chi connectivity index (χ4n) is 3.19. The molecule has 2 aromatic rings. The van der Waals surface area contributed by atoms with Gasteiger partial charge in [0.15, 0.2) is 0 Å². The number of ether oxygens (including phenoxy) is 3. The summed E-state index contributed by atoms with van der Waals surface area (Å²) in [6.45, 7) is 1.35. The predicted octanol–water partition coefficient (Wildman–Crippen LogP) is 3.00. The van der Waals surface area contributed by atoms with Gasteiger partial charge in [-0.25, -0.2) is 0 Å². The first kappa shape index (κ1) is 15.0. The summed E-state index contributed by atoms with van der Waals surface area (Å²) >= 11 is 0. The van der Waals surface area contributed by atoms with Gasteiger partial charge in [0.25, 0.3) is 0 Å². The first-order valence-corrected chi connectivity index (χ1v) is 8.10. The molecule has 0 spiro atoms. The summed E-state index contributed by atoms with van der Waals surface area (Å²) in [5.41, 5.74) is 1.50. The molecule has 0 saturated carbocycles. The van der Waals surface area contributed by atoms with Crippen molar-refractivity contribution >= 4 is 5.97 Å². The van der Waals surface area contributed by atoms with E-state index in [0.717, 1.165) is 30.8 Å². The Kier molecular flexibility index (Phi) is 3.86. The van der Waals surface area contributed by atoms with Gasteiger partial charge >= 0.3 is 5.97 Å². The number of esters is 1. The summed E-state index contributed by atoms with van der Waals surface area (Å²) in [5, 5.41) is 9.67. The average Bonchev–Trinajstić information content (AvgIpc) is 3.20. The number of phenols is 1. The zero-order chi connectivity index (χ0) is 16.5. The van der Waals surface area contributed by atoms with Crippen LogP contribution in [0.1, 0.15) is 29.9 Å². The molecule has 0 radical (unpaired) electrons. The summed E-state index contributed by atoms with van der Waals surface area (Å²) in [4.78, 5) is 12.2. The zero-order valence-electron chi connectivity index (χ0n) is 13.1. The van der Waals surface area contributed by atoms with E-state index in [1.54, 1.807) is 12.1 Å². The third kappa shape index (κ3) is 2.83. The quantitative estimate of drug-likeness (QED) is 0.691. The minimum Gasteiger partial charge on any atom is -0.508 e. The van der Waals surface area contributed by atoms with E-state index in [0.29, 0.717) is 17.9 Å². The van der Waals surface area contributed by atoms with Gasteiger partial charge in [-0.1, -0.05) is 12.1 Å². The molecule has 1 fully saturated rings. The Hall–Kier alpha value is -2.53. The number of hydrogen-bond acceptors (Lipinski definition) is 5. The molecule has 2 aliphatic heterocycles. The van der Waals surface area contributed by atoms with Crippen LogP contribution in [0, 0.1) is 0 Å². The third-order valence-electron chi connectivity index (χ3n) is 4.42. The molecule has 2 atom stereocenters. The van der Waals surface area contributed by atoms with Crippen molar-refractivity contribution in [1.29, 1.82) is 0 Å². The Morgan fingerprint density at radius 3 is 2.75 bits per heavy atom. The van der Waals surface area contributed by atoms with E-state index in [-0.39, 0.29) is 17.8 Å². The molecule has 0 amide bonds. The van der Waals surface area contributed by atoms with Crippen LogP contribution >= 0.6 is 0 Å². The second kappa shape index (κ2) is 6.17. The van der Waals surface area contributed by atoms with Gasteiger partial charge in [-0.3, -0.25) is 4.79 Å². The van der Waals surface area contributed by atoms with Crippen molar-refractivity contribution in [2.75, 3.05) is 13.2 Å². The SMILES string of the molecule is O=C1Oc2ccc(O)cc2C1c1ccc(OCC2CCCO2)cc1. The molecule has 2 aliphatic rings. The molecular formula is C19H18O5. The van der Waals surface area contributed by atoms with Gasteiger partial charge in [-0.05, 0) is 48.7 Å². The molecule has 5 nitrogen and oxygen atoms in total. The van der Waals surface area contributed by atoms with Crippen molar-refractivity contribution in [2.45, 2.75) is 24.9 Å². The number of rotatable bonds is 4. The van der Waals surface area contributed by atoms with Crippen LogP contribution < -0.4 is 9.47 Å². The molecule has 1 N–H and O–H groups in total. The van der Waals surface area contributed by atoms with Gasteiger partial charge in [0.05, 0.1) is 6.10 Å². The molecule has 5 heteroatoms. The summed E-state index contributed by atoms with van der Waals surface area (Å²) in [7, 11) is 0. The molecule has 4 rings (SSSR count). The summed E-state index contributed by atoms with van der Waals surface area (Å²) in [6.07, 6.45) is 2.29. The standard InChI is InChI=1S/C19H18O5/c20-13-5-8-17-16(10-13)18(19(21)24-17)12-3-6-14(7-4-12)23-11-15-2-1-9-22-15/h3-8,10,15,18,20H,1-2,9,11H2. The lowest BCUT2D eigenvalue weighted by atomic mass is 9.92. The first-order valence-electron chi connectivity index (χ1n) is 8.10. The van der Waals surface area contributed by atoms with E-state index in [2.05, 4.69) is 0 Å². The van der Waals surface area contributed by atoms with Crippen molar-refractivity contribution < 1.29 is 24.1 Å². The van der Waals surface area contributed by atoms with Crippen molar-refractivity contribution in [3.63, 3.8) is 0 Å². The zero-order valence-corrected chi connectivity index (χ0v) is 13.1. The van der Waals surface area contributed by atoms with Crippen molar-refractivity contribution in [1.82, 2.24) is 0 Å². The van der Waals surface area contributed by atoms with Gasteiger partial charge in [-0.15, -0.1) is 0 Å². The normalized spacial score (nSPS) is 22.2. The minimum absolute atomic E-state index is 0.119. The highest BCUT2D eigenvalue weighted by atomic mass is 16.5. The molecule has 124 valence electrons. The second-order valence-corrected chi connectivity index (χ2v) is 6.09. The maximum Gasteiger partial charge on any atom is 0.323 e. The largest absolute Gasteiger partial charge is 0.508 e. The van der Waals surface area contributed by atoms with E-state index in [1.807, 2.05) is 24.3 Å². The topological polar surface area (TPSA) is 65.0 Å². The number of aromatic hydroxyl groups is 1. The maximum absolute atomic E-state index is 12.2. The van der Waals surface area contributed by atoms with Gasteiger partial charge in [-0.2, -0.15) is 0 Å². The maximum atomic E-state index is 12.2. The number of fused-ring (bicyclic) bond motifs is 1. The lowest BCUT2D eigenvalue weighted by Gasteiger charge is -2.13. The summed E-state index contributed by atoms with van der Waals surface area (Å²) < 4.78 is 16.6. The number of carbonyl (C=O) groups is 1. The van der Waals surface area contributed by atoms with Crippen LogP contribution in [0.5, 0.6) is 17.2 Å². The van der Waals surface area contributed by atoms with Crippen LogP contribution in [0.15, 0.2) is 42.5 Å². The molecule has 0 aliphatic carbocycles. The Morgan fingerprint density at radius 2 is 2.00 bits per heavy atom. The number of hydrogen-bond donors (Lipinski definition) is 1. The Labute approximate surface area is 139 Å². The van der Waals surface area contributed by atoms with E-state index in [4.69, 9.17) is 14.2 Å². The number of carbonyl (C=O) groups excluding carboxylic acids is 1. The molecule has 24 heavy (non-hydrogen) atoms. The van der Waals surface area contributed by atoms with E-state index in [9.17, 15) is 9.90 Å². The van der Waals surface area contributed by atoms with Gasteiger partial charge in [0, 0.05) is 12.2 Å². The molecular weight excluding hydrogens is 308 g/mol. The van der Waals surface area contributed by atoms with Crippen LogP contribution in [-0.4, -0.2) is 30.4 Å². The summed E-state index contributed by atoms with van der Waals surface area (Å²) in [5.74, 6) is 0.523. The minimum atomic E-state index is -0.515. The molecule has 2 aromatic carbocycles. The number of benzene rings is 2. The molecule has 1 saturated heterocycles. The van der Waals surface area contributed by atoms with Crippen LogP contribution in [0.25, 0.3) is 0 Å². The van der Waals surface area contributed by atoms with E-state index >= 15 is 0 Å². The van der Waals surface area contributed by atoms with E-state index in [1.165, 1.54) is 6.07 Å². The highest BCUT2D eigenvalue weighted by Gasteiger charge is 2.34. The number of phenolic OH excluding ortho intramolecular Hbond substituents is 1. The second-order valence-electron chi connectivity index (χ2n) is 6.09. The Balaban J connectivity index is 1.50. The Morgan fingerprint density at radius 1 is 1.17 bits per heavy atom. The molecule has 0 aromatic heterocycles. The monoisotopic (exact) mass is 326 g/mol. The highest BCUT2D eigenvalue weighted by Crippen LogP contribution is 2.41. The fraction of sp³-hybridized carbons (Fsp3) is 0.316. The fourth-order valence-corrected chi connectivity index (χ4v) is 3.19. The molecule has 2 unspecified atom stereocenters. The molecule has 0 bridgehead atoms. The third-order valence-corrected chi connectivity index (χ3v) is 4.42. The van der Waals surface area contributed by atoms with Crippen molar-refractivity contribution in [3.05, 3.63) is 53.6 Å². The average molecular weight is 326 g/mol. The van der Waals surface area contributed by atoms with Crippen molar-refractivity contribution in [2.24, 2.45) is 0 Å². The van der Waals surface area contributed by atoms with Gasteiger partial charge in [0.2, 0.25) is 0 Å². The van der Waals surface area contributed by atoms with Crippen molar-refractivity contribution in [3.8, 4) is 17.2 Å². The Bertz CT molecular complexity index is 747. The van der Waals surface area contributed by atoms with E-state index < -0.39 is 5.92 Å². The molecule has 2 heterocycles. The smallest absolute Gasteiger partial charge is 0.323 e. The van der Waals surface area contributed by atoms with Gasteiger partial charge in [0.1, 0.15) is 29.8 Å². The highest BCUT2D eigenvalue weighted by molar-refractivity contribution is 5.89. The lowest BCUT2D eigenvalue weighted by molar-refractivity contribution is -0.133. The predicted molar refractivity (Wildman–Crippen MR) is 86.5 cm³/mol. The van der Waals surface area contributed by atoms with Crippen LogP contribution in [0.2, 0.25) is 0 Å². The van der Waals surface area contributed by atoms with Gasteiger partial charge < -0.3 is 19.3 Å².